The first kappa shape index (κ1) is 16.1. The second kappa shape index (κ2) is 6.46. The van der Waals surface area contributed by atoms with Gasteiger partial charge in [-0.25, -0.2) is 4.79 Å². The Kier molecular flexibility index (Phi) is 4.95. The first-order valence-corrected chi connectivity index (χ1v) is 5.80. The van der Waals surface area contributed by atoms with Crippen molar-refractivity contribution in [2.45, 2.75) is 19.4 Å². The van der Waals surface area contributed by atoms with Gasteiger partial charge in [0.05, 0.1) is 11.3 Å². The molecule has 0 heterocycles. The molecule has 0 aliphatic carbocycles. The maximum Gasteiger partial charge on any atom is 0.326 e. The van der Waals surface area contributed by atoms with E-state index in [1.165, 1.54) is 19.1 Å². The normalized spacial score (nSPS) is 11.5. The van der Waals surface area contributed by atoms with Gasteiger partial charge in [-0.3, -0.25) is 19.7 Å². The number of nitro groups is 1. The van der Waals surface area contributed by atoms with Gasteiger partial charge in [-0.1, -0.05) is 12.1 Å². The number of nitrogens with zero attached hydrogens (tertiary/aromatic N) is 1. The van der Waals surface area contributed by atoms with E-state index < -0.39 is 40.9 Å². The lowest BCUT2D eigenvalue weighted by molar-refractivity contribution is -0.385. The monoisotopic (exact) mass is 295 g/mol. The minimum absolute atomic E-state index is 0.252. The van der Waals surface area contributed by atoms with Crippen LogP contribution < -0.4 is 11.1 Å². The zero-order valence-corrected chi connectivity index (χ0v) is 11.0. The number of carboxylic acids is 1. The van der Waals surface area contributed by atoms with Crippen LogP contribution in [0.4, 0.5) is 5.69 Å². The predicted octanol–water partition coefficient (Wildman–Crippen LogP) is -0.0384. The molecule has 0 fully saturated rings. The predicted molar refractivity (Wildman–Crippen MR) is 70.5 cm³/mol. The summed E-state index contributed by atoms with van der Waals surface area (Å²) in [5, 5.41) is 21.9. The molecule has 1 atom stereocenters. The Hall–Kier alpha value is -2.97. The lowest BCUT2D eigenvalue weighted by Gasteiger charge is -2.14. The van der Waals surface area contributed by atoms with Gasteiger partial charge in [0.25, 0.3) is 11.6 Å². The number of carbonyl (C=O) groups is 3. The van der Waals surface area contributed by atoms with Crippen molar-refractivity contribution in [1.29, 1.82) is 0 Å². The zero-order chi connectivity index (χ0) is 16.2. The molecule has 1 aromatic rings. The van der Waals surface area contributed by atoms with Crippen LogP contribution in [-0.2, 0) is 9.59 Å². The molecule has 0 aliphatic heterocycles. The van der Waals surface area contributed by atoms with Gasteiger partial charge < -0.3 is 16.2 Å². The summed E-state index contributed by atoms with van der Waals surface area (Å²) in [5.41, 5.74) is 4.50. The number of nitro benzene ring substituents is 1. The largest absolute Gasteiger partial charge is 0.480 e. The van der Waals surface area contributed by atoms with Crippen molar-refractivity contribution in [2.75, 3.05) is 0 Å². The summed E-state index contributed by atoms with van der Waals surface area (Å²) in [6.07, 6.45) is -0.610. The molecule has 112 valence electrons. The average molecular weight is 295 g/mol. The quantitative estimate of drug-likeness (QED) is 0.494. The molecule has 21 heavy (non-hydrogen) atoms. The fourth-order valence-electron chi connectivity index (χ4n) is 1.73. The number of carbonyl (C=O) groups excluding carboxylic acids is 2. The lowest BCUT2D eigenvalue weighted by Crippen LogP contribution is -2.43. The van der Waals surface area contributed by atoms with Crippen molar-refractivity contribution in [1.82, 2.24) is 5.32 Å². The maximum atomic E-state index is 12.1. The van der Waals surface area contributed by atoms with Crippen molar-refractivity contribution < 1.29 is 24.4 Å². The Bertz CT molecular complexity index is 613. The van der Waals surface area contributed by atoms with Gasteiger partial charge in [0.2, 0.25) is 5.91 Å². The third-order valence-corrected chi connectivity index (χ3v) is 2.68. The van der Waals surface area contributed by atoms with Gasteiger partial charge in [-0.2, -0.15) is 0 Å². The Morgan fingerprint density at radius 1 is 1.43 bits per heavy atom. The third kappa shape index (κ3) is 4.00. The van der Waals surface area contributed by atoms with Crippen molar-refractivity contribution in [2.24, 2.45) is 5.73 Å². The number of aliphatic carboxylic acids is 1. The molecule has 0 bridgehead atoms. The molecule has 1 aromatic carbocycles. The zero-order valence-electron chi connectivity index (χ0n) is 11.0. The molecule has 0 aromatic heterocycles. The van der Waals surface area contributed by atoms with E-state index in [0.717, 1.165) is 6.07 Å². The molecule has 0 spiro atoms. The molecule has 0 unspecified atom stereocenters. The first-order valence-electron chi connectivity index (χ1n) is 5.80. The van der Waals surface area contributed by atoms with E-state index in [4.69, 9.17) is 10.8 Å². The van der Waals surface area contributed by atoms with E-state index >= 15 is 0 Å². The molecule has 2 amide bonds. The van der Waals surface area contributed by atoms with Crippen LogP contribution in [0.25, 0.3) is 0 Å². The number of primary amides is 1. The minimum atomic E-state index is -1.55. The van der Waals surface area contributed by atoms with E-state index in [-0.39, 0.29) is 5.56 Å². The fourth-order valence-corrected chi connectivity index (χ4v) is 1.73. The summed E-state index contributed by atoms with van der Waals surface area (Å²) >= 11 is 0. The molecule has 4 N–H and O–H groups in total. The molecule has 1 rings (SSSR count). The molecular formula is C12H13N3O6. The van der Waals surface area contributed by atoms with Crippen LogP contribution in [0.5, 0.6) is 0 Å². The fraction of sp³-hybridized carbons (Fsp3) is 0.250. The summed E-state index contributed by atoms with van der Waals surface area (Å²) < 4.78 is 0. The summed E-state index contributed by atoms with van der Waals surface area (Å²) in [7, 11) is 0. The van der Waals surface area contributed by atoms with Crippen LogP contribution >= 0.6 is 0 Å². The number of hydrogen-bond donors (Lipinski definition) is 3. The van der Waals surface area contributed by atoms with Gasteiger partial charge >= 0.3 is 5.97 Å². The smallest absolute Gasteiger partial charge is 0.326 e. The van der Waals surface area contributed by atoms with Crippen LogP contribution in [0.15, 0.2) is 18.2 Å². The van der Waals surface area contributed by atoms with Crippen LogP contribution in [0.3, 0.4) is 0 Å². The average Bonchev–Trinajstić information content (AvgIpc) is 2.36. The highest BCUT2D eigenvalue weighted by atomic mass is 16.6. The Morgan fingerprint density at radius 2 is 2.05 bits per heavy atom. The highest BCUT2D eigenvalue weighted by Crippen LogP contribution is 2.21. The molecule has 0 aliphatic rings. The second-order valence-corrected chi connectivity index (χ2v) is 4.26. The molecule has 0 saturated heterocycles. The highest BCUT2D eigenvalue weighted by Gasteiger charge is 2.27. The number of rotatable bonds is 6. The summed E-state index contributed by atoms with van der Waals surface area (Å²) in [4.78, 5) is 43.9. The van der Waals surface area contributed by atoms with E-state index in [0.29, 0.717) is 5.56 Å². The van der Waals surface area contributed by atoms with Crippen molar-refractivity contribution in [3.8, 4) is 0 Å². The Labute approximate surface area is 118 Å². The number of benzene rings is 1. The van der Waals surface area contributed by atoms with Gasteiger partial charge in [0, 0.05) is 6.07 Å². The van der Waals surface area contributed by atoms with Gasteiger partial charge in [-0.05, 0) is 12.5 Å². The van der Waals surface area contributed by atoms with Gasteiger partial charge in [0.15, 0.2) is 0 Å². The van der Waals surface area contributed by atoms with E-state index in [1.807, 2.05) is 0 Å². The Morgan fingerprint density at radius 3 is 2.52 bits per heavy atom. The Balaban J connectivity index is 3.11. The van der Waals surface area contributed by atoms with Gasteiger partial charge in [-0.15, -0.1) is 0 Å². The van der Waals surface area contributed by atoms with Crippen molar-refractivity contribution in [3.05, 3.63) is 39.4 Å². The van der Waals surface area contributed by atoms with Crippen LogP contribution in [0.2, 0.25) is 0 Å². The molecule has 0 radical (unpaired) electrons. The van der Waals surface area contributed by atoms with E-state index in [1.54, 1.807) is 0 Å². The third-order valence-electron chi connectivity index (χ3n) is 2.68. The minimum Gasteiger partial charge on any atom is -0.480 e. The topological polar surface area (TPSA) is 153 Å². The number of aryl methyl sites for hydroxylation is 1. The molecule has 0 saturated carbocycles. The SMILES string of the molecule is Cc1cccc([N+](=O)[O-])c1C(=O)N[C@H](CC(N)=O)C(=O)O. The number of nitrogens with one attached hydrogen (secondary N) is 1. The summed E-state index contributed by atoms with van der Waals surface area (Å²) in [5.74, 6) is -3.33. The summed E-state index contributed by atoms with van der Waals surface area (Å²) in [6.45, 7) is 1.48. The van der Waals surface area contributed by atoms with Crippen LogP contribution in [0.1, 0.15) is 22.3 Å². The van der Waals surface area contributed by atoms with Crippen molar-refractivity contribution >= 4 is 23.5 Å². The highest BCUT2D eigenvalue weighted by molar-refractivity contribution is 6.01. The number of carboxylic acid groups (broad SMARTS) is 1. The van der Waals surface area contributed by atoms with Crippen LogP contribution in [0, 0.1) is 17.0 Å². The van der Waals surface area contributed by atoms with E-state index in [9.17, 15) is 24.5 Å². The van der Waals surface area contributed by atoms with E-state index in [2.05, 4.69) is 5.32 Å². The molecule has 9 nitrogen and oxygen atoms in total. The summed E-state index contributed by atoms with van der Waals surface area (Å²) in [6, 6.07) is 2.47. The molecular weight excluding hydrogens is 282 g/mol. The number of nitrogens with two attached hydrogens (primary N) is 1. The standard InChI is InChI=1S/C12H13N3O6/c1-6-3-2-4-8(15(20)21)10(6)11(17)14-7(12(18)19)5-9(13)16/h2-4,7H,5H2,1H3,(H2,13,16)(H,14,17)(H,18,19)/t7-/m1/s1. The number of hydrogen-bond acceptors (Lipinski definition) is 5. The van der Waals surface area contributed by atoms with Crippen molar-refractivity contribution in [3.63, 3.8) is 0 Å². The molecule has 9 heteroatoms. The lowest BCUT2D eigenvalue weighted by atomic mass is 10.0. The second-order valence-electron chi connectivity index (χ2n) is 4.26. The maximum absolute atomic E-state index is 12.1. The first-order chi connectivity index (χ1) is 9.73. The van der Waals surface area contributed by atoms with Gasteiger partial charge in [0.1, 0.15) is 11.6 Å². The number of amides is 2. The van der Waals surface area contributed by atoms with Crippen LogP contribution in [-0.4, -0.2) is 33.9 Å².